The number of aryl methyl sites for hydroxylation is 1. The SMILES string of the molecule is CC(CCn1cc(CSc2ccc(Br)cc2)nn1)(C(=O)NO)S(C)(=O)=O. The van der Waals surface area contributed by atoms with Gasteiger partial charge in [-0.05, 0) is 37.6 Å². The molecular weight excluding hydrogens is 444 g/mol. The molecule has 1 unspecified atom stereocenters. The average Bonchev–Trinajstić information content (AvgIpc) is 3.05. The lowest BCUT2D eigenvalue weighted by Gasteiger charge is -2.24. The number of nitrogens with one attached hydrogen (secondary N) is 1. The van der Waals surface area contributed by atoms with Gasteiger partial charge in [-0.3, -0.25) is 14.7 Å². The Kier molecular flexibility index (Phi) is 6.83. The van der Waals surface area contributed by atoms with Gasteiger partial charge in [0.1, 0.15) is 0 Å². The van der Waals surface area contributed by atoms with Crippen LogP contribution < -0.4 is 5.48 Å². The van der Waals surface area contributed by atoms with E-state index < -0.39 is 20.5 Å². The standard InChI is InChI=1S/C15H19BrN4O4S2/c1-15(14(21)18-22,26(2,23)24)7-8-20-9-12(17-19-20)10-25-13-5-3-11(16)4-6-13/h3-6,9,22H,7-8,10H2,1-2H3,(H,18,21). The van der Waals surface area contributed by atoms with Crippen LogP contribution in [0.15, 0.2) is 39.8 Å². The third-order valence-corrected chi connectivity index (χ3v) is 7.61. The number of rotatable bonds is 8. The number of hydrogen-bond donors (Lipinski definition) is 2. The van der Waals surface area contributed by atoms with Crippen molar-refractivity contribution in [2.45, 2.75) is 35.3 Å². The molecule has 0 fully saturated rings. The summed E-state index contributed by atoms with van der Waals surface area (Å²) in [5.41, 5.74) is 2.17. The van der Waals surface area contributed by atoms with Gasteiger partial charge >= 0.3 is 0 Å². The van der Waals surface area contributed by atoms with Crippen LogP contribution in [-0.2, 0) is 26.9 Å². The first-order valence-corrected chi connectivity index (χ1v) is 11.2. The summed E-state index contributed by atoms with van der Waals surface area (Å²) in [5, 5.41) is 16.9. The van der Waals surface area contributed by atoms with Crippen molar-refractivity contribution < 1.29 is 18.4 Å². The van der Waals surface area contributed by atoms with Crippen LogP contribution in [0.1, 0.15) is 19.0 Å². The first-order valence-electron chi connectivity index (χ1n) is 7.57. The van der Waals surface area contributed by atoms with Gasteiger partial charge in [0.15, 0.2) is 14.6 Å². The summed E-state index contributed by atoms with van der Waals surface area (Å²) in [6.07, 6.45) is 2.64. The van der Waals surface area contributed by atoms with Crippen LogP contribution in [0.25, 0.3) is 0 Å². The number of sulfone groups is 1. The highest BCUT2D eigenvalue weighted by Crippen LogP contribution is 2.24. The minimum Gasteiger partial charge on any atom is -0.289 e. The maximum atomic E-state index is 11.9. The first-order chi connectivity index (χ1) is 12.2. The molecule has 0 saturated carbocycles. The van der Waals surface area contributed by atoms with Gasteiger partial charge < -0.3 is 0 Å². The minimum absolute atomic E-state index is 0.0408. The van der Waals surface area contributed by atoms with E-state index in [0.29, 0.717) is 5.75 Å². The number of aromatic nitrogens is 3. The third-order valence-electron chi connectivity index (χ3n) is 4.00. The van der Waals surface area contributed by atoms with Crippen LogP contribution in [0, 0.1) is 0 Å². The van der Waals surface area contributed by atoms with Gasteiger partial charge in [0.2, 0.25) is 0 Å². The quantitative estimate of drug-likeness (QED) is 0.350. The van der Waals surface area contributed by atoms with E-state index in [1.165, 1.54) is 17.1 Å². The van der Waals surface area contributed by atoms with Crippen molar-refractivity contribution in [3.8, 4) is 0 Å². The van der Waals surface area contributed by atoms with Crippen molar-refractivity contribution >= 4 is 43.4 Å². The van der Waals surface area contributed by atoms with Crippen LogP contribution in [0.2, 0.25) is 0 Å². The lowest BCUT2D eigenvalue weighted by atomic mass is 10.1. The van der Waals surface area contributed by atoms with Gasteiger partial charge in [-0.15, -0.1) is 16.9 Å². The molecule has 1 atom stereocenters. The highest BCUT2D eigenvalue weighted by atomic mass is 79.9. The summed E-state index contributed by atoms with van der Waals surface area (Å²) in [4.78, 5) is 12.9. The second-order valence-corrected chi connectivity index (χ2v) is 10.3. The Morgan fingerprint density at radius 1 is 1.38 bits per heavy atom. The number of nitrogens with zero attached hydrogens (tertiary/aromatic N) is 3. The Hall–Kier alpha value is -1.43. The fraction of sp³-hybridized carbons (Fsp3) is 0.400. The van der Waals surface area contributed by atoms with Gasteiger partial charge in [-0.25, -0.2) is 13.9 Å². The van der Waals surface area contributed by atoms with Gasteiger partial charge in [-0.2, -0.15) is 0 Å². The number of thioether (sulfide) groups is 1. The van der Waals surface area contributed by atoms with Crippen LogP contribution in [-0.4, -0.2) is 45.5 Å². The summed E-state index contributed by atoms with van der Waals surface area (Å²) >= 11 is 4.99. The van der Waals surface area contributed by atoms with E-state index in [9.17, 15) is 13.2 Å². The van der Waals surface area contributed by atoms with Gasteiger partial charge in [0.05, 0.1) is 5.69 Å². The molecule has 2 aromatic rings. The molecule has 2 N–H and O–H groups in total. The molecule has 1 amide bonds. The van der Waals surface area contributed by atoms with Crippen molar-refractivity contribution in [2.75, 3.05) is 6.26 Å². The highest BCUT2D eigenvalue weighted by molar-refractivity contribution is 9.10. The summed E-state index contributed by atoms with van der Waals surface area (Å²) in [5.74, 6) is -0.353. The molecule has 1 heterocycles. The first kappa shape index (κ1) is 20.9. The van der Waals surface area contributed by atoms with E-state index in [1.807, 2.05) is 24.3 Å². The topological polar surface area (TPSA) is 114 Å². The molecule has 0 aliphatic rings. The number of halogens is 1. The minimum atomic E-state index is -3.73. The lowest BCUT2D eigenvalue weighted by Crippen LogP contribution is -2.49. The average molecular weight is 463 g/mol. The molecule has 2 rings (SSSR count). The van der Waals surface area contributed by atoms with Gasteiger partial charge in [0, 0.05) is 34.1 Å². The van der Waals surface area contributed by atoms with Crippen LogP contribution in [0.4, 0.5) is 0 Å². The Morgan fingerprint density at radius 2 is 2.04 bits per heavy atom. The molecule has 1 aromatic carbocycles. The molecule has 142 valence electrons. The number of hydroxylamine groups is 1. The van der Waals surface area contributed by atoms with Crippen molar-refractivity contribution in [1.29, 1.82) is 0 Å². The molecule has 0 aliphatic carbocycles. The Bertz CT molecular complexity index is 870. The molecular formula is C15H19BrN4O4S2. The lowest BCUT2D eigenvalue weighted by molar-refractivity contribution is -0.131. The van der Waals surface area contributed by atoms with E-state index >= 15 is 0 Å². The normalized spacial score (nSPS) is 14.0. The van der Waals surface area contributed by atoms with Crippen molar-refractivity contribution in [2.24, 2.45) is 0 Å². The second kappa shape index (κ2) is 8.51. The fourth-order valence-electron chi connectivity index (χ4n) is 2.12. The molecule has 1 aromatic heterocycles. The smallest absolute Gasteiger partial charge is 0.264 e. The molecule has 0 bridgehead atoms. The van der Waals surface area contributed by atoms with Gasteiger partial charge in [0.25, 0.3) is 5.91 Å². The van der Waals surface area contributed by atoms with E-state index in [4.69, 9.17) is 5.21 Å². The van der Waals surface area contributed by atoms with E-state index in [2.05, 4.69) is 26.2 Å². The summed E-state index contributed by atoms with van der Waals surface area (Å²) < 4.78 is 24.6. The summed E-state index contributed by atoms with van der Waals surface area (Å²) in [6.45, 7) is 1.45. The number of hydrogen-bond acceptors (Lipinski definition) is 7. The van der Waals surface area contributed by atoms with Crippen LogP contribution in [0.3, 0.4) is 0 Å². The second-order valence-electron chi connectivity index (χ2n) is 5.91. The summed E-state index contributed by atoms with van der Waals surface area (Å²) in [7, 11) is -3.73. The van der Waals surface area contributed by atoms with E-state index in [1.54, 1.807) is 18.0 Å². The molecule has 0 saturated heterocycles. The predicted molar refractivity (Wildman–Crippen MR) is 102 cm³/mol. The largest absolute Gasteiger partial charge is 0.289 e. The molecule has 0 aliphatic heterocycles. The number of benzene rings is 1. The zero-order chi connectivity index (χ0) is 19.4. The van der Waals surface area contributed by atoms with Gasteiger partial charge in [-0.1, -0.05) is 21.1 Å². The summed E-state index contributed by atoms with van der Waals surface area (Å²) in [6, 6.07) is 7.89. The zero-order valence-corrected chi connectivity index (χ0v) is 17.4. The van der Waals surface area contributed by atoms with Crippen molar-refractivity contribution in [3.05, 3.63) is 40.6 Å². The molecule has 8 nitrogen and oxygen atoms in total. The van der Waals surface area contributed by atoms with Crippen molar-refractivity contribution in [1.82, 2.24) is 20.5 Å². The van der Waals surface area contributed by atoms with E-state index in [0.717, 1.165) is 21.3 Å². The Labute approximate surface area is 164 Å². The third kappa shape index (κ3) is 5.06. The maximum absolute atomic E-state index is 11.9. The number of carbonyl (C=O) groups is 1. The zero-order valence-electron chi connectivity index (χ0n) is 14.2. The number of carbonyl (C=O) groups excluding carboxylic acids is 1. The van der Waals surface area contributed by atoms with Crippen LogP contribution in [0.5, 0.6) is 0 Å². The Morgan fingerprint density at radius 3 is 2.62 bits per heavy atom. The monoisotopic (exact) mass is 462 g/mol. The predicted octanol–water partition coefficient (Wildman–Crippen LogP) is 2.03. The van der Waals surface area contributed by atoms with E-state index in [-0.39, 0.29) is 13.0 Å². The fourth-order valence-corrected chi connectivity index (χ4v) is 4.00. The number of amides is 1. The maximum Gasteiger partial charge on any atom is 0.264 e. The van der Waals surface area contributed by atoms with Crippen molar-refractivity contribution in [3.63, 3.8) is 0 Å². The Balaban J connectivity index is 1.99. The molecule has 11 heteroatoms. The highest BCUT2D eigenvalue weighted by Gasteiger charge is 2.43. The molecule has 26 heavy (non-hydrogen) atoms. The molecule has 0 radical (unpaired) electrons. The van der Waals surface area contributed by atoms with Crippen LogP contribution >= 0.6 is 27.7 Å². The molecule has 0 spiro atoms.